The van der Waals surface area contributed by atoms with Gasteiger partial charge in [-0.25, -0.2) is 0 Å². The number of likely N-dealkylation sites (N-methyl/N-ethyl adjacent to an activating group) is 1. The van der Waals surface area contributed by atoms with Gasteiger partial charge < -0.3 is 20.3 Å². The molecule has 0 radical (unpaired) electrons. The Morgan fingerprint density at radius 1 is 1.22 bits per heavy atom. The Bertz CT molecular complexity index is 570. The fourth-order valence-corrected chi connectivity index (χ4v) is 3.13. The summed E-state index contributed by atoms with van der Waals surface area (Å²) in [7, 11) is 3.93. The fourth-order valence-electron chi connectivity index (χ4n) is 3.13. The summed E-state index contributed by atoms with van der Waals surface area (Å²) in [6, 6.07) is 4.40. The van der Waals surface area contributed by atoms with E-state index in [-0.39, 0.29) is 6.04 Å². The van der Waals surface area contributed by atoms with Crippen LogP contribution in [0.4, 0.5) is 5.69 Å². The lowest BCUT2D eigenvalue weighted by Crippen LogP contribution is -2.44. The van der Waals surface area contributed by atoms with E-state index in [0.717, 1.165) is 43.4 Å². The summed E-state index contributed by atoms with van der Waals surface area (Å²) in [5.41, 5.74) is 9.79. The summed E-state index contributed by atoms with van der Waals surface area (Å²) in [5.74, 6) is 1.70. The molecule has 2 fully saturated rings. The smallest absolute Gasteiger partial charge is 0.142 e. The highest BCUT2D eigenvalue weighted by Crippen LogP contribution is 2.36. The van der Waals surface area contributed by atoms with E-state index < -0.39 is 0 Å². The van der Waals surface area contributed by atoms with Gasteiger partial charge in [0.25, 0.3) is 0 Å². The monoisotopic (exact) mass is 315 g/mol. The van der Waals surface area contributed by atoms with Gasteiger partial charge in [0, 0.05) is 32.2 Å². The van der Waals surface area contributed by atoms with Gasteiger partial charge in [0.2, 0.25) is 0 Å². The quantitative estimate of drug-likeness (QED) is 0.907. The Hall–Kier alpha value is -1.52. The predicted octanol–water partition coefficient (Wildman–Crippen LogP) is 2.89. The van der Waals surface area contributed by atoms with E-state index in [9.17, 15) is 0 Å². The molecule has 0 aromatic heterocycles. The van der Waals surface area contributed by atoms with Gasteiger partial charge in [-0.3, -0.25) is 0 Å². The molecule has 1 aromatic rings. The maximum absolute atomic E-state index is 6.20. The van der Waals surface area contributed by atoms with Crippen LogP contribution in [0.25, 0.3) is 6.08 Å². The van der Waals surface area contributed by atoms with Crippen LogP contribution < -0.4 is 15.4 Å². The van der Waals surface area contributed by atoms with Crippen molar-refractivity contribution >= 4 is 11.8 Å². The van der Waals surface area contributed by atoms with E-state index in [1.54, 1.807) is 7.11 Å². The highest BCUT2D eigenvalue weighted by atomic mass is 16.5. The van der Waals surface area contributed by atoms with Gasteiger partial charge >= 0.3 is 0 Å². The van der Waals surface area contributed by atoms with Crippen molar-refractivity contribution in [3.05, 3.63) is 29.3 Å². The van der Waals surface area contributed by atoms with Gasteiger partial charge in [-0.1, -0.05) is 12.2 Å². The van der Waals surface area contributed by atoms with Crippen LogP contribution in [0, 0.1) is 5.92 Å². The van der Waals surface area contributed by atoms with Crippen LogP contribution >= 0.6 is 0 Å². The number of nitrogens with two attached hydrogens (primary N) is 1. The third-order valence-electron chi connectivity index (χ3n) is 4.89. The first-order valence-corrected chi connectivity index (χ1v) is 8.67. The first kappa shape index (κ1) is 16.3. The molecule has 1 aliphatic carbocycles. The highest BCUT2D eigenvalue weighted by Gasteiger charge is 2.21. The number of hydrogen-bond acceptors (Lipinski definition) is 4. The zero-order valence-corrected chi connectivity index (χ0v) is 14.6. The van der Waals surface area contributed by atoms with Gasteiger partial charge in [0.1, 0.15) is 5.75 Å². The summed E-state index contributed by atoms with van der Waals surface area (Å²) >= 11 is 0. The van der Waals surface area contributed by atoms with Gasteiger partial charge in [-0.15, -0.1) is 0 Å². The second-order valence-corrected chi connectivity index (χ2v) is 6.93. The Labute approximate surface area is 139 Å². The van der Waals surface area contributed by atoms with Gasteiger partial charge in [0.05, 0.1) is 12.8 Å². The van der Waals surface area contributed by atoms with Crippen molar-refractivity contribution in [3.8, 4) is 5.75 Å². The maximum atomic E-state index is 6.20. The molecular formula is C19H29N3O. The molecule has 2 N–H and O–H groups in total. The second-order valence-electron chi connectivity index (χ2n) is 6.93. The number of rotatable bonds is 5. The van der Waals surface area contributed by atoms with Crippen LogP contribution in [-0.4, -0.2) is 45.2 Å². The molecule has 1 atom stereocenters. The number of methoxy groups -OCH3 is 1. The molecule has 1 saturated carbocycles. The number of nitrogens with zero attached hydrogens (tertiary/aromatic N) is 2. The number of benzene rings is 1. The minimum Gasteiger partial charge on any atom is -0.495 e. The van der Waals surface area contributed by atoms with Crippen molar-refractivity contribution in [2.24, 2.45) is 11.7 Å². The molecule has 23 heavy (non-hydrogen) atoms. The highest BCUT2D eigenvalue weighted by molar-refractivity contribution is 5.69. The van der Waals surface area contributed by atoms with Crippen molar-refractivity contribution in [1.82, 2.24) is 4.90 Å². The Balaban J connectivity index is 1.94. The normalized spacial score (nSPS) is 21.0. The van der Waals surface area contributed by atoms with E-state index in [4.69, 9.17) is 10.5 Å². The standard InChI is InChI=1S/C19H29N3O/c1-14(20)17-13-19(23-3)18(22-10-8-21(2)9-11-22)12-16(17)7-6-15-4-5-15/h6-7,12-15H,4-5,8-11,20H2,1-3H3/b7-6+/t14-/m0/s1. The van der Waals surface area contributed by atoms with E-state index in [1.807, 2.05) is 6.92 Å². The number of ether oxygens (including phenoxy) is 1. The topological polar surface area (TPSA) is 41.7 Å². The van der Waals surface area contributed by atoms with Gasteiger partial charge in [-0.2, -0.15) is 0 Å². The van der Waals surface area contributed by atoms with Crippen molar-refractivity contribution in [2.45, 2.75) is 25.8 Å². The summed E-state index contributed by atoms with van der Waals surface area (Å²) in [6.45, 7) is 6.29. The average Bonchev–Trinajstić information content (AvgIpc) is 3.37. The Kier molecular flexibility index (Phi) is 4.93. The van der Waals surface area contributed by atoms with Crippen LogP contribution in [0.15, 0.2) is 18.2 Å². The summed E-state index contributed by atoms with van der Waals surface area (Å²) in [5, 5.41) is 0. The molecular weight excluding hydrogens is 286 g/mol. The Morgan fingerprint density at radius 3 is 2.48 bits per heavy atom. The third-order valence-corrected chi connectivity index (χ3v) is 4.89. The molecule has 1 heterocycles. The number of anilines is 1. The number of piperazine rings is 1. The molecule has 126 valence electrons. The third kappa shape index (κ3) is 3.88. The van der Waals surface area contributed by atoms with Crippen molar-refractivity contribution in [1.29, 1.82) is 0 Å². The number of hydrogen-bond donors (Lipinski definition) is 1. The summed E-state index contributed by atoms with van der Waals surface area (Å²) in [6.07, 6.45) is 7.24. The summed E-state index contributed by atoms with van der Waals surface area (Å²) < 4.78 is 5.67. The van der Waals surface area contributed by atoms with Crippen molar-refractivity contribution in [2.75, 3.05) is 45.2 Å². The zero-order chi connectivity index (χ0) is 16.4. The maximum Gasteiger partial charge on any atom is 0.142 e. The molecule has 1 aliphatic heterocycles. The first-order valence-electron chi connectivity index (χ1n) is 8.67. The van der Waals surface area contributed by atoms with E-state index in [2.05, 4.69) is 41.1 Å². The van der Waals surface area contributed by atoms with Gasteiger partial charge in [-0.05, 0) is 56.0 Å². The van der Waals surface area contributed by atoms with Crippen LogP contribution in [0.3, 0.4) is 0 Å². The van der Waals surface area contributed by atoms with Crippen molar-refractivity contribution in [3.63, 3.8) is 0 Å². The van der Waals surface area contributed by atoms with Crippen LogP contribution in [0.2, 0.25) is 0 Å². The molecule has 1 saturated heterocycles. The molecule has 0 spiro atoms. The largest absolute Gasteiger partial charge is 0.495 e. The van der Waals surface area contributed by atoms with Crippen molar-refractivity contribution < 1.29 is 4.74 Å². The van der Waals surface area contributed by atoms with Gasteiger partial charge in [0.15, 0.2) is 0 Å². The molecule has 0 unspecified atom stereocenters. The molecule has 0 amide bonds. The SMILES string of the molecule is COc1cc([C@H](C)N)c(/C=C/C2CC2)cc1N1CCN(C)CC1. The van der Waals surface area contributed by atoms with E-state index in [0.29, 0.717) is 0 Å². The molecule has 4 nitrogen and oxygen atoms in total. The lowest BCUT2D eigenvalue weighted by molar-refractivity contribution is 0.311. The predicted molar refractivity (Wildman–Crippen MR) is 97.1 cm³/mol. The first-order chi connectivity index (χ1) is 11.1. The van der Waals surface area contributed by atoms with E-state index >= 15 is 0 Å². The summed E-state index contributed by atoms with van der Waals surface area (Å²) in [4.78, 5) is 4.80. The van der Waals surface area contributed by atoms with Crippen LogP contribution in [0.1, 0.15) is 36.9 Å². The van der Waals surface area contributed by atoms with Crippen LogP contribution in [-0.2, 0) is 0 Å². The minimum atomic E-state index is 0.00397. The van der Waals surface area contributed by atoms with E-state index in [1.165, 1.54) is 24.1 Å². The molecule has 2 aliphatic rings. The second kappa shape index (κ2) is 6.93. The fraction of sp³-hybridized carbons (Fsp3) is 0.579. The average molecular weight is 315 g/mol. The Morgan fingerprint density at radius 2 is 1.91 bits per heavy atom. The number of allylic oxidation sites excluding steroid dienone is 1. The lowest BCUT2D eigenvalue weighted by atomic mass is 9.99. The zero-order valence-electron chi connectivity index (χ0n) is 14.6. The molecule has 0 bridgehead atoms. The molecule has 3 rings (SSSR count). The minimum absolute atomic E-state index is 0.00397. The van der Waals surface area contributed by atoms with Crippen LogP contribution in [0.5, 0.6) is 5.75 Å². The molecule has 1 aromatic carbocycles. The molecule has 4 heteroatoms. The lowest BCUT2D eigenvalue weighted by Gasteiger charge is -2.35.